The van der Waals surface area contributed by atoms with Crippen LogP contribution < -0.4 is 0 Å². The molecule has 3 aromatic rings. The van der Waals surface area contributed by atoms with Crippen molar-refractivity contribution in [1.82, 2.24) is 14.3 Å². The summed E-state index contributed by atoms with van der Waals surface area (Å²) in [4.78, 5) is 49.5. The van der Waals surface area contributed by atoms with Crippen molar-refractivity contribution in [2.75, 3.05) is 26.2 Å². The zero-order valence-electron chi connectivity index (χ0n) is 26.2. The minimum absolute atomic E-state index is 0.0190. The van der Waals surface area contributed by atoms with E-state index >= 15 is 0 Å². The molecular weight excluding hydrogens is 594 g/mol. The van der Waals surface area contributed by atoms with Gasteiger partial charge >= 0.3 is 12.1 Å². The Bertz CT molecular complexity index is 1560. The average molecular weight is 636 g/mol. The van der Waals surface area contributed by atoms with E-state index in [4.69, 9.17) is 9.57 Å². The first-order valence-corrected chi connectivity index (χ1v) is 16.6. The number of esters is 1. The number of aryl methyl sites for hydroxylation is 1. The fraction of sp³-hybridized carbons (Fsp3) is 0.382. The van der Waals surface area contributed by atoms with Crippen LogP contribution in [0.1, 0.15) is 55.1 Å². The van der Waals surface area contributed by atoms with Crippen LogP contribution >= 0.6 is 0 Å². The summed E-state index contributed by atoms with van der Waals surface area (Å²) >= 11 is 0. The van der Waals surface area contributed by atoms with E-state index in [1.54, 1.807) is 79.4 Å². The standard InChI is InChI=1S/C34H41N3O7S/c1-5-20-34(32(39)43-26(2)3,25-28-12-8-6-9-13-28)37(45(41,42)30-18-16-27(4)17-19-30)44-33(40)36-23-21-35(22-24-36)31(38)29-14-10-7-11-15-29/h6-19,26H,5,20-25H2,1-4H3/t34-/m0/s1. The Hall–Kier alpha value is -4.22. The van der Waals surface area contributed by atoms with Gasteiger partial charge in [0.25, 0.3) is 15.9 Å². The average Bonchev–Trinajstić information content (AvgIpc) is 3.03. The smallest absolute Gasteiger partial charge is 0.430 e. The van der Waals surface area contributed by atoms with E-state index in [-0.39, 0.29) is 49.8 Å². The molecule has 0 aliphatic carbocycles. The SMILES string of the molecule is CCC[C@](Cc1ccccc1)(C(=O)OC(C)C)N(OC(=O)N1CCN(C(=O)c2ccccc2)CC1)S(=O)(=O)c1ccc(C)cc1. The highest BCUT2D eigenvalue weighted by atomic mass is 32.2. The first kappa shape index (κ1) is 33.7. The number of carbonyl (C=O) groups is 3. The molecule has 0 bridgehead atoms. The van der Waals surface area contributed by atoms with E-state index in [0.717, 1.165) is 5.56 Å². The third-order valence-corrected chi connectivity index (χ3v) is 9.35. The molecule has 0 spiro atoms. The molecular formula is C34H41N3O7S. The number of amides is 2. The van der Waals surface area contributed by atoms with Gasteiger partial charge in [0.15, 0.2) is 5.54 Å². The molecule has 1 heterocycles. The van der Waals surface area contributed by atoms with Crippen LogP contribution in [0, 0.1) is 6.92 Å². The lowest BCUT2D eigenvalue weighted by Gasteiger charge is -2.41. The van der Waals surface area contributed by atoms with E-state index in [1.807, 2.05) is 26.0 Å². The number of hydrogen-bond donors (Lipinski definition) is 0. The maximum absolute atomic E-state index is 14.4. The third kappa shape index (κ3) is 7.90. The van der Waals surface area contributed by atoms with Gasteiger partial charge in [0.05, 0.1) is 11.0 Å². The van der Waals surface area contributed by atoms with Gasteiger partial charge in [0.1, 0.15) is 0 Å². The Morgan fingerprint density at radius 2 is 1.40 bits per heavy atom. The van der Waals surface area contributed by atoms with Crippen molar-refractivity contribution < 1.29 is 32.4 Å². The summed E-state index contributed by atoms with van der Waals surface area (Å²) in [6.07, 6.45) is -1.18. The highest BCUT2D eigenvalue weighted by molar-refractivity contribution is 7.89. The zero-order chi connectivity index (χ0) is 32.6. The maximum Gasteiger partial charge on any atom is 0.430 e. The van der Waals surface area contributed by atoms with Crippen molar-refractivity contribution >= 4 is 28.0 Å². The highest BCUT2D eigenvalue weighted by Gasteiger charge is 2.54. The summed E-state index contributed by atoms with van der Waals surface area (Å²) in [6, 6.07) is 24.0. The number of piperazine rings is 1. The molecule has 2 amide bonds. The normalized spacial score (nSPS) is 15.1. The summed E-state index contributed by atoms with van der Waals surface area (Å²) < 4.78 is 35.1. The fourth-order valence-corrected chi connectivity index (χ4v) is 6.84. The molecule has 0 saturated carbocycles. The molecule has 0 radical (unpaired) electrons. The molecule has 45 heavy (non-hydrogen) atoms. The molecule has 0 unspecified atom stereocenters. The van der Waals surface area contributed by atoms with Gasteiger partial charge in [0, 0.05) is 38.2 Å². The van der Waals surface area contributed by atoms with Crippen molar-refractivity contribution in [1.29, 1.82) is 0 Å². The number of carbonyl (C=O) groups excluding carboxylic acids is 3. The number of sulfonamides is 1. The van der Waals surface area contributed by atoms with E-state index in [2.05, 4.69) is 0 Å². The predicted octanol–water partition coefficient (Wildman–Crippen LogP) is 5.23. The van der Waals surface area contributed by atoms with Crippen LogP contribution in [0.2, 0.25) is 0 Å². The van der Waals surface area contributed by atoms with Crippen LogP contribution in [0.3, 0.4) is 0 Å². The third-order valence-electron chi connectivity index (χ3n) is 7.62. The lowest BCUT2D eigenvalue weighted by molar-refractivity contribution is -0.180. The van der Waals surface area contributed by atoms with E-state index < -0.39 is 33.7 Å². The molecule has 0 aromatic heterocycles. The van der Waals surface area contributed by atoms with Gasteiger partial charge in [-0.15, -0.1) is 0 Å². The molecule has 4 rings (SSSR count). The summed E-state index contributed by atoms with van der Waals surface area (Å²) in [7, 11) is -4.59. The number of hydrogen-bond acceptors (Lipinski definition) is 7. The minimum atomic E-state index is -4.59. The first-order chi connectivity index (χ1) is 21.5. The van der Waals surface area contributed by atoms with Gasteiger partial charge in [-0.05, 0) is 61.5 Å². The Balaban J connectivity index is 1.72. The van der Waals surface area contributed by atoms with Crippen molar-refractivity contribution in [2.45, 2.75) is 63.5 Å². The second-order valence-electron chi connectivity index (χ2n) is 11.4. The zero-order valence-corrected chi connectivity index (χ0v) is 27.0. The minimum Gasteiger partial charge on any atom is -0.461 e. The molecule has 1 fully saturated rings. The van der Waals surface area contributed by atoms with Crippen molar-refractivity contribution in [3.63, 3.8) is 0 Å². The van der Waals surface area contributed by atoms with Crippen molar-refractivity contribution in [3.8, 4) is 0 Å². The summed E-state index contributed by atoms with van der Waals surface area (Å²) in [5, 5.41) is 0. The molecule has 1 aliphatic rings. The fourth-order valence-electron chi connectivity index (χ4n) is 5.32. The van der Waals surface area contributed by atoms with Gasteiger partial charge in [-0.1, -0.05) is 79.6 Å². The molecule has 1 saturated heterocycles. The van der Waals surface area contributed by atoms with Crippen molar-refractivity contribution in [3.05, 3.63) is 102 Å². The Morgan fingerprint density at radius 1 is 0.844 bits per heavy atom. The van der Waals surface area contributed by atoms with E-state index in [1.165, 1.54) is 17.0 Å². The van der Waals surface area contributed by atoms with E-state index in [0.29, 0.717) is 22.0 Å². The van der Waals surface area contributed by atoms with Gasteiger partial charge in [-0.3, -0.25) is 4.79 Å². The monoisotopic (exact) mass is 635 g/mol. The Morgan fingerprint density at radius 3 is 1.96 bits per heavy atom. The van der Waals surface area contributed by atoms with Gasteiger partial charge in [-0.25, -0.2) is 18.0 Å². The van der Waals surface area contributed by atoms with Gasteiger partial charge in [0.2, 0.25) is 0 Å². The number of hydroxylamine groups is 1. The largest absolute Gasteiger partial charge is 0.461 e. The Kier molecular flexibility index (Phi) is 11.0. The summed E-state index contributed by atoms with van der Waals surface area (Å²) in [6.45, 7) is 7.70. The molecule has 1 atom stereocenters. The first-order valence-electron chi connectivity index (χ1n) is 15.2. The van der Waals surface area contributed by atoms with Crippen LogP contribution in [0.4, 0.5) is 4.79 Å². The number of nitrogens with zero attached hydrogens (tertiary/aromatic N) is 3. The second-order valence-corrected chi connectivity index (χ2v) is 13.2. The lowest BCUT2D eigenvalue weighted by atomic mass is 9.87. The van der Waals surface area contributed by atoms with Gasteiger partial charge in [-0.2, -0.15) is 0 Å². The summed E-state index contributed by atoms with van der Waals surface area (Å²) in [5.41, 5.74) is 0.131. The van der Waals surface area contributed by atoms with Crippen LogP contribution in [0.25, 0.3) is 0 Å². The van der Waals surface area contributed by atoms with Crippen LogP contribution in [-0.4, -0.2) is 78.5 Å². The van der Waals surface area contributed by atoms with Crippen molar-refractivity contribution in [2.24, 2.45) is 0 Å². The molecule has 240 valence electrons. The Labute approximate surface area is 265 Å². The summed E-state index contributed by atoms with van der Waals surface area (Å²) in [5.74, 6) is -0.974. The van der Waals surface area contributed by atoms with E-state index in [9.17, 15) is 22.8 Å². The quantitative estimate of drug-likeness (QED) is 0.210. The highest BCUT2D eigenvalue weighted by Crippen LogP contribution is 2.35. The second kappa shape index (κ2) is 14.7. The molecule has 11 heteroatoms. The number of rotatable bonds is 11. The molecule has 3 aromatic carbocycles. The lowest BCUT2D eigenvalue weighted by Crippen LogP contribution is -2.61. The van der Waals surface area contributed by atoms with Gasteiger partial charge < -0.3 is 19.4 Å². The molecule has 0 N–H and O–H groups in total. The van der Waals surface area contributed by atoms with Crippen LogP contribution in [-0.2, 0) is 30.8 Å². The maximum atomic E-state index is 14.4. The number of ether oxygens (including phenoxy) is 1. The topological polar surface area (TPSA) is 114 Å². The van der Waals surface area contributed by atoms with Crippen LogP contribution in [0.5, 0.6) is 0 Å². The molecule has 10 nitrogen and oxygen atoms in total. The number of benzene rings is 3. The van der Waals surface area contributed by atoms with Crippen LogP contribution in [0.15, 0.2) is 89.8 Å². The molecule has 1 aliphatic heterocycles. The predicted molar refractivity (Wildman–Crippen MR) is 170 cm³/mol.